The second-order valence-corrected chi connectivity index (χ2v) is 6.12. The Bertz CT molecular complexity index is 758. The largest absolute Gasteiger partial charge is 0.480 e. The molecule has 1 heterocycles. The van der Waals surface area contributed by atoms with Gasteiger partial charge in [0.15, 0.2) is 0 Å². The molecule has 2 rings (SSSR count). The molecule has 0 aliphatic rings. The van der Waals surface area contributed by atoms with E-state index in [1.807, 2.05) is 0 Å². The van der Waals surface area contributed by atoms with Crippen molar-refractivity contribution < 1.29 is 23.9 Å². The number of benzene rings is 1. The Morgan fingerprint density at radius 2 is 1.83 bits per heavy atom. The van der Waals surface area contributed by atoms with E-state index in [-0.39, 0.29) is 18.7 Å². The summed E-state index contributed by atoms with van der Waals surface area (Å²) in [6.45, 7) is 0. The minimum atomic E-state index is -1.24. The number of amides is 2. The summed E-state index contributed by atoms with van der Waals surface area (Å²) < 4.78 is 12.9. The molecule has 0 saturated heterocycles. The summed E-state index contributed by atoms with van der Waals surface area (Å²) in [7, 11) is 0. The summed E-state index contributed by atoms with van der Waals surface area (Å²) in [5.74, 6) is -2.78. The third-order valence-electron chi connectivity index (χ3n) is 3.24. The van der Waals surface area contributed by atoms with Crippen LogP contribution in [0.15, 0.2) is 36.4 Å². The number of halogens is 1. The number of aliphatic carboxylic acids is 1. The highest BCUT2D eigenvalue weighted by molar-refractivity contribution is 7.17. The Morgan fingerprint density at radius 3 is 2.42 bits per heavy atom. The van der Waals surface area contributed by atoms with Crippen LogP contribution in [0.1, 0.15) is 22.5 Å². The monoisotopic (exact) mass is 350 g/mol. The molecule has 1 atom stereocenters. The fourth-order valence-electron chi connectivity index (χ4n) is 2.00. The normalized spacial score (nSPS) is 11.7. The number of rotatable bonds is 7. The van der Waals surface area contributed by atoms with Crippen LogP contribution in [-0.2, 0) is 9.59 Å². The van der Waals surface area contributed by atoms with Gasteiger partial charge in [-0.25, -0.2) is 9.18 Å². The van der Waals surface area contributed by atoms with E-state index in [1.54, 1.807) is 24.3 Å². The first-order chi connectivity index (χ1) is 11.4. The lowest BCUT2D eigenvalue weighted by Crippen LogP contribution is -2.41. The molecule has 126 valence electrons. The number of nitrogens with two attached hydrogens (primary N) is 1. The van der Waals surface area contributed by atoms with Gasteiger partial charge in [0.1, 0.15) is 11.9 Å². The SMILES string of the molecule is NC(=O)CCC(NC(=O)c1ccc(-c2ccc(F)cc2)s1)C(=O)O. The number of thiophene rings is 1. The van der Waals surface area contributed by atoms with Crippen LogP contribution in [0.2, 0.25) is 0 Å². The lowest BCUT2D eigenvalue weighted by atomic mass is 10.1. The van der Waals surface area contributed by atoms with Gasteiger partial charge < -0.3 is 16.2 Å². The first-order valence-electron chi connectivity index (χ1n) is 7.04. The van der Waals surface area contributed by atoms with Gasteiger partial charge >= 0.3 is 5.97 Å². The van der Waals surface area contributed by atoms with E-state index in [0.717, 1.165) is 21.8 Å². The van der Waals surface area contributed by atoms with Crippen LogP contribution in [0.3, 0.4) is 0 Å². The highest BCUT2D eigenvalue weighted by atomic mass is 32.1. The fraction of sp³-hybridized carbons (Fsp3) is 0.188. The molecule has 8 heteroatoms. The molecule has 6 nitrogen and oxygen atoms in total. The zero-order valence-electron chi connectivity index (χ0n) is 12.5. The number of nitrogens with one attached hydrogen (secondary N) is 1. The number of carbonyl (C=O) groups excluding carboxylic acids is 2. The quantitative estimate of drug-likeness (QED) is 0.709. The van der Waals surface area contributed by atoms with E-state index in [2.05, 4.69) is 5.32 Å². The Labute approximate surface area is 141 Å². The van der Waals surface area contributed by atoms with Crippen LogP contribution in [-0.4, -0.2) is 28.9 Å². The lowest BCUT2D eigenvalue weighted by Gasteiger charge is -2.12. The standard InChI is InChI=1S/C16H15FN2O4S/c17-10-3-1-9(2-4-10)12-6-7-13(24-12)15(21)19-11(16(22)23)5-8-14(18)20/h1-4,6-7,11H,5,8H2,(H2,18,20)(H,19,21)(H,22,23). The second-order valence-electron chi connectivity index (χ2n) is 5.04. The van der Waals surface area contributed by atoms with E-state index in [1.165, 1.54) is 12.1 Å². The molecule has 0 fully saturated rings. The van der Waals surface area contributed by atoms with Gasteiger partial charge in [0.2, 0.25) is 5.91 Å². The molecule has 0 aliphatic heterocycles. The predicted octanol–water partition coefficient (Wildman–Crippen LogP) is 2.00. The Balaban J connectivity index is 2.08. The summed E-state index contributed by atoms with van der Waals surface area (Å²) in [5.41, 5.74) is 5.75. The van der Waals surface area contributed by atoms with E-state index in [9.17, 15) is 18.8 Å². The molecule has 0 radical (unpaired) electrons. The zero-order chi connectivity index (χ0) is 17.7. The summed E-state index contributed by atoms with van der Waals surface area (Å²) >= 11 is 1.16. The minimum absolute atomic E-state index is 0.0768. The summed E-state index contributed by atoms with van der Waals surface area (Å²) in [6.07, 6.45) is -0.213. The Kier molecular flexibility index (Phi) is 5.64. The van der Waals surface area contributed by atoms with E-state index >= 15 is 0 Å². The maximum Gasteiger partial charge on any atom is 0.326 e. The Morgan fingerprint density at radius 1 is 1.17 bits per heavy atom. The zero-order valence-corrected chi connectivity index (χ0v) is 13.3. The number of primary amides is 1. The minimum Gasteiger partial charge on any atom is -0.480 e. The predicted molar refractivity (Wildman–Crippen MR) is 87.0 cm³/mol. The van der Waals surface area contributed by atoms with Gasteiger partial charge in [0.25, 0.3) is 5.91 Å². The van der Waals surface area contributed by atoms with Crippen molar-refractivity contribution >= 4 is 29.1 Å². The first kappa shape index (κ1) is 17.6. The second kappa shape index (κ2) is 7.69. The third kappa shape index (κ3) is 4.63. The topological polar surface area (TPSA) is 109 Å². The number of carboxylic acid groups (broad SMARTS) is 1. The molecule has 4 N–H and O–H groups in total. The van der Waals surface area contributed by atoms with Gasteiger partial charge in [-0.2, -0.15) is 0 Å². The average molecular weight is 350 g/mol. The maximum absolute atomic E-state index is 12.9. The molecule has 0 spiro atoms. The number of carbonyl (C=O) groups is 3. The van der Waals surface area contributed by atoms with E-state index in [4.69, 9.17) is 10.8 Å². The van der Waals surface area contributed by atoms with Crippen molar-refractivity contribution in [3.8, 4) is 10.4 Å². The highest BCUT2D eigenvalue weighted by Crippen LogP contribution is 2.28. The molecular formula is C16H15FN2O4S. The van der Waals surface area contributed by atoms with Crippen LogP contribution < -0.4 is 11.1 Å². The molecular weight excluding hydrogens is 335 g/mol. The number of hydrogen-bond donors (Lipinski definition) is 3. The number of hydrogen-bond acceptors (Lipinski definition) is 4. The van der Waals surface area contributed by atoms with Gasteiger partial charge in [0, 0.05) is 11.3 Å². The molecule has 2 amide bonds. The Hall–Kier alpha value is -2.74. The smallest absolute Gasteiger partial charge is 0.326 e. The van der Waals surface area contributed by atoms with Crippen LogP contribution in [0.4, 0.5) is 4.39 Å². The van der Waals surface area contributed by atoms with Crippen molar-refractivity contribution in [3.05, 3.63) is 47.1 Å². The van der Waals surface area contributed by atoms with Crippen molar-refractivity contribution in [2.75, 3.05) is 0 Å². The highest BCUT2D eigenvalue weighted by Gasteiger charge is 2.22. The van der Waals surface area contributed by atoms with Gasteiger partial charge in [-0.15, -0.1) is 11.3 Å². The summed E-state index contributed by atoms with van der Waals surface area (Å²) in [6, 6.07) is 7.89. The molecule has 1 aromatic carbocycles. The van der Waals surface area contributed by atoms with Gasteiger partial charge in [-0.1, -0.05) is 12.1 Å². The van der Waals surface area contributed by atoms with Crippen molar-refractivity contribution in [3.63, 3.8) is 0 Å². The van der Waals surface area contributed by atoms with E-state index < -0.39 is 23.8 Å². The molecule has 2 aromatic rings. The average Bonchev–Trinajstić information content (AvgIpc) is 3.01. The van der Waals surface area contributed by atoms with Crippen molar-refractivity contribution in [2.45, 2.75) is 18.9 Å². The molecule has 0 bridgehead atoms. The van der Waals surface area contributed by atoms with Crippen LogP contribution in [0.5, 0.6) is 0 Å². The third-order valence-corrected chi connectivity index (χ3v) is 4.37. The molecule has 1 aromatic heterocycles. The summed E-state index contributed by atoms with van der Waals surface area (Å²) in [4.78, 5) is 35.1. The van der Waals surface area contributed by atoms with Crippen LogP contribution >= 0.6 is 11.3 Å². The lowest BCUT2D eigenvalue weighted by molar-refractivity contribution is -0.139. The summed E-state index contributed by atoms with van der Waals surface area (Å²) in [5, 5.41) is 11.5. The fourth-order valence-corrected chi connectivity index (χ4v) is 2.92. The van der Waals surface area contributed by atoms with Crippen LogP contribution in [0.25, 0.3) is 10.4 Å². The first-order valence-corrected chi connectivity index (χ1v) is 7.86. The van der Waals surface area contributed by atoms with Gasteiger partial charge in [-0.3, -0.25) is 9.59 Å². The van der Waals surface area contributed by atoms with Gasteiger partial charge in [-0.05, 0) is 36.2 Å². The molecule has 24 heavy (non-hydrogen) atoms. The van der Waals surface area contributed by atoms with Crippen LogP contribution in [0, 0.1) is 5.82 Å². The van der Waals surface area contributed by atoms with Gasteiger partial charge in [0.05, 0.1) is 4.88 Å². The molecule has 1 unspecified atom stereocenters. The molecule has 0 aliphatic carbocycles. The van der Waals surface area contributed by atoms with E-state index in [0.29, 0.717) is 4.88 Å². The van der Waals surface area contributed by atoms with Crippen molar-refractivity contribution in [1.82, 2.24) is 5.32 Å². The maximum atomic E-state index is 12.9. The molecule has 0 saturated carbocycles. The number of carboxylic acids is 1. The van der Waals surface area contributed by atoms with Crippen molar-refractivity contribution in [1.29, 1.82) is 0 Å². The van der Waals surface area contributed by atoms with Crippen molar-refractivity contribution in [2.24, 2.45) is 5.73 Å².